The van der Waals surface area contributed by atoms with Crippen molar-refractivity contribution in [3.05, 3.63) is 29.0 Å². The van der Waals surface area contributed by atoms with Gasteiger partial charge in [0.25, 0.3) is 5.91 Å². The summed E-state index contributed by atoms with van der Waals surface area (Å²) in [4.78, 5) is 11.9. The molecule has 0 aromatic heterocycles. The average molecular weight is 339 g/mol. The topological polar surface area (TPSA) is 64.3 Å². The molecule has 0 bridgehead atoms. The van der Waals surface area contributed by atoms with Crippen LogP contribution in [0.25, 0.3) is 0 Å². The fraction of sp³-hybridized carbons (Fsp3) is 0.500. The van der Waals surface area contributed by atoms with E-state index < -0.39 is 11.4 Å². The summed E-state index contributed by atoms with van der Waals surface area (Å²) in [6.45, 7) is 4.11. The maximum absolute atomic E-state index is 12.9. The molecular formula is C14H21Cl2FN2O2. The smallest absolute Gasteiger partial charge is 0.258 e. The van der Waals surface area contributed by atoms with Crippen molar-refractivity contribution >= 4 is 29.9 Å². The summed E-state index contributed by atoms with van der Waals surface area (Å²) in [5.74, 6) is -0.458. The number of rotatable bonds is 7. The number of nitrogens with one attached hydrogen (secondary N) is 1. The highest BCUT2D eigenvalue weighted by Crippen LogP contribution is 2.24. The molecule has 21 heavy (non-hydrogen) atoms. The van der Waals surface area contributed by atoms with Gasteiger partial charge >= 0.3 is 0 Å². The lowest BCUT2D eigenvalue weighted by Crippen LogP contribution is -2.54. The first-order valence-corrected chi connectivity index (χ1v) is 6.93. The van der Waals surface area contributed by atoms with Crippen LogP contribution in [0.5, 0.6) is 5.75 Å². The molecule has 0 spiro atoms. The molecule has 1 aromatic rings. The average Bonchev–Trinajstić information content (AvgIpc) is 2.44. The predicted octanol–water partition coefficient (Wildman–Crippen LogP) is 2.91. The SMILES string of the molecule is CCC(CC)(CN)NC(=O)COc1ccc(F)cc1Cl.Cl. The van der Waals surface area contributed by atoms with Crippen LogP contribution in [0.1, 0.15) is 26.7 Å². The van der Waals surface area contributed by atoms with E-state index in [4.69, 9.17) is 22.1 Å². The number of ether oxygens (including phenoxy) is 1. The van der Waals surface area contributed by atoms with Gasteiger partial charge in [-0.1, -0.05) is 25.4 Å². The lowest BCUT2D eigenvalue weighted by molar-refractivity contribution is -0.125. The van der Waals surface area contributed by atoms with Crippen LogP contribution in [0.4, 0.5) is 4.39 Å². The number of hydrogen-bond donors (Lipinski definition) is 2. The summed E-state index contributed by atoms with van der Waals surface area (Å²) in [6, 6.07) is 3.75. The van der Waals surface area contributed by atoms with E-state index in [0.29, 0.717) is 6.54 Å². The first kappa shape index (κ1) is 20.0. The van der Waals surface area contributed by atoms with Gasteiger partial charge in [0.1, 0.15) is 11.6 Å². The molecule has 1 aromatic carbocycles. The second kappa shape index (κ2) is 9.07. The molecule has 0 aliphatic carbocycles. The Labute approximate surface area is 135 Å². The van der Waals surface area contributed by atoms with Crippen molar-refractivity contribution in [3.8, 4) is 5.75 Å². The standard InChI is InChI=1S/C14H20ClFN2O2.ClH/c1-3-14(4-2,9-17)18-13(19)8-20-12-6-5-10(16)7-11(12)15;/h5-7H,3-4,8-9,17H2,1-2H3,(H,18,19);1H. The summed E-state index contributed by atoms with van der Waals surface area (Å²) in [7, 11) is 0. The molecule has 0 aliphatic rings. The Kier molecular flexibility index (Phi) is 8.63. The Morgan fingerprint density at radius 3 is 2.52 bits per heavy atom. The van der Waals surface area contributed by atoms with Gasteiger partial charge in [-0.2, -0.15) is 0 Å². The third-order valence-corrected chi connectivity index (χ3v) is 3.70. The van der Waals surface area contributed by atoms with Crippen molar-refractivity contribution in [2.24, 2.45) is 5.73 Å². The summed E-state index contributed by atoms with van der Waals surface area (Å²) < 4.78 is 18.2. The molecule has 0 unspecified atom stereocenters. The van der Waals surface area contributed by atoms with E-state index >= 15 is 0 Å². The summed E-state index contributed by atoms with van der Waals surface area (Å²) in [6.07, 6.45) is 1.48. The Bertz CT molecular complexity index is 460. The van der Waals surface area contributed by atoms with Gasteiger partial charge in [-0.25, -0.2) is 4.39 Å². The first-order chi connectivity index (χ1) is 9.46. The highest BCUT2D eigenvalue weighted by atomic mass is 35.5. The molecule has 7 heteroatoms. The Morgan fingerprint density at radius 2 is 2.05 bits per heavy atom. The minimum atomic E-state index is -0.453. The molecule has 0 aliphatic heterocycles. The Hall–Kier alpha value is -1.04. The number of hydrogen-bond acceptors (Lipinski definition) is 3. The summed E-state index contributed by atoms with van der Waals surface area (Å²) >= 11 is 5.81. The van der Waals surface area contributed by atoms with Gasteiger partial charge in [-0.05, 0) is 31.0 Å². The zero-order valence-electron chi connectivity index (χ0n) is 12.1. The van der Waals surface area contributed by atoms with Gasteiger partial charge in [0.2, 0.25) is 0 Å². The van der Waals surface area contributed by atoms with Gasteiger partial charge in [0.05, 0.1) is 10.6 Å². The van der Waals surface area contributed by atoms with Gasteiger partial charge < -0.3 is 15.8 Å². The molecule has 0 atom stereocenters. The third kappa shape index (κ3) is 5.69. The van der Waals surface area contributed by atoms with Crippen LogP contribution >= 0.6 is 24.0 Å². The predicted molar refractivity (Wildman–Crippen MR) is 84.7 cm³/mol. The maximum Gasteiger partial charge on any atom is 0.258 e. The van der Waals surface area contributed by atoms with Crippen molar-refractivity contribution in [2.75, 3.05) is 13.2 Å². The van der Waals surface area contributed by atoms with E-state index in [-0.39, 0.29) is 35.7 Å². The van der Waals surface area contributed by atoms with Crippen LogP contribution in [0.15, 0.2) is 18.2 Å². The van der Waals surface area contributed by atoms with Crippen LogP contribution in [0.2, 0.25) is 5.02 Å². The Balaban J connectivity index is 0.00000400. The number of halogens is 3. The minimum absolute atomic E-state index is 0. The zero-order valence-corrected chi connectivity index (χ0v) is 13.7. The molecule has 0 saturated heterocycles. The molecule has 120 valence electrons. The van der Waals surface area contributed by atoms with Crippen LogP contribution in [0.3, 0.4) is 0 Å². The lowest BCUT2D eigenvalue weighted by atomic mass is 9.93. The molecule has 1 rings (SSSR count). The van der Waals surface area contributed by atoms with Crippen LogP contribution in [0, 0.1) is 5.82 Å². The van der Waals surface area contributed by atoms with Crippen molar-refractivity contribution < 1.29 is 13.9 Å². The molecule has 0 fully saturated rings. The zero-order chi connectivity index (χ0) is 15.2. The van der Waals surface area contributed by atoms with E-state index in [0.717, 1.165) is 18.9 Å². The quantitative estimate of drug-likeness (QED) is 0.803. The Morgan fingerprint density at radius 1 is 1.43 bits per heavy atom. The van der Waals surface area contributed by atoms with Crippen molar-refractivity contribution in [2.45, 2.75) is 32.2 Å². The molecule has 0 radical (unpaired) electrons. The highest BCUT2D eigenvalue weighted by molar-refractivity contribution is 6.32. The molecule has 1 amide bonds. The molecule has 3 N–H and O–H groups in total. The van der Waals surface area contributed by atoms with E-state index in [1.807, 2.05) is 13.8 Å². The monoisotopic (exact) mass is 338 g/mol. The summed E-state index contributed by atoms with van der Waals surface area (Å²) in [5, 5.41) is 3.01. The van der Waals surface area contributed by atoms with Crippen LogP contribution < -0.4 is 15.8 Å². The number of carbonyl (C=O) groups is 1. The van der Waals surface area contributed by atoms with E-state index in [1.165, 1.54) is 12.1 Å². The van der Waals surface area contributed by atoms with E-state index in [9.17, 15) is 9.18 Å². The molecule has 4 nitrogen and oxygen atoms in total. The third-order valence-electron chi connectivity index (χ3n) is 3.40. The second-order valence-corrected chi connectivity index (χ2v) is 5.01. The second-order valence-electron chi connectivity index (χ2n) is 4.60. The summed E-state index contributed by atoms with van der Waals surface area (Å²) in [5.41, 5.74) is 5.30. The highest BCUT2D eigenvalue weighted by Gasteiger charge is 2.26. The van der Waals surface area contributed by atoms with Crippen LogP contribution in [-0.4, -0.2) is 24.6 Å². The van der Waals surface area contributed by atoms with Gasteiger partial charge in [0.15, 0.2) is 6.61 Å². The van der Waals surface area contributed by atoms with Crippen molar-refractivity contribution in [1.82, 2.24) is 5.32 Å². The largest absolute Gasteiger partial charge is 0.482 e. The number of benzene rings is 1. The molecule has 0 saturated carbocycles. The van der Waals surface area contributed by atoms with Gasteiger partial charge in [-0.3, -0.25) is 4.79 Å². The minimum Gasteiger partial charge on any atom is -0.482 e. The fourth-order valence-corrected chi connectivity index (χ4v) is 2.06. The van der Waals surface area contributed by atoms with E-state index in [2.05, 4.69) is 5.32 Å². The lowest BCUT2D eigenvalue weighted by Gasteiger charge is -2.31. The number of nitrogens with two attached hydrogens (primary N) is 1. The van der Waals surface area contributed by atoms with Crippen molar-refractivity contribution in [3.63, 3.8) is 0 Å². The maximum atomic E-state index is 12.9. The van der Waals surface area contributed by atoms with Gasteiger partial charge in [0, 0.05) is 6.54 Å². The van der Waals surface area contributed by atoms with Gasteiger partial charge in [-0.15, -0.1) is 12.4 Å². The van der Waals surface area contributed by atoms with Crippen molar-refractivity contribution in [1.29, 1.82) is 0 Å². The van der Waals surface area contributed by atoms with Crippen LogP contribution in [-0.2, 0) is 4.79 Å². The molecule has 0 heterocycles. The number of amides is 1. The number of carbonyl (C=O) groups excluding carboxylic acids is 1. The fourth-order valence-electron chi connectivity index (χ4n) is 1.83. The normalized spacial score (nSPS) is 10.7. The molecular weight excluding hydrogens is 318 g/mol. The first-order valence-electron chi connectivity index (χ1n) is 6.55. The van der Waals surface area contributed by atoms with E-state index in [1.54, 1.807) is 0 Å².